The van der Waals surface area contributed by atoms with Crippen molar-refractivity contribution in [3.05, 3.63) is 11.6 Å². The SMILES string of the molecule is CCOC(=O)C1(C)ON(C(=O)OC(C)(C)C)CC=C1C. The summed E-state index contributed by atoms with van der Waals surface area (Å²) in [4.78, 5) is 29.5. The van der Waals surface area contributed by atoms with Gasteiger partial charge in [0.15, 0.2) is 0 Å². The molecule has 0 aromatic heterocycles. The van der Waals surface area contributed by atoms with E-state index in [4.69, 9.17) is 14.3 Å². The number of carbonyl (C=O) groups excluding carboxylic acids is 2. The normalized spacial score (nSPS) is 23.1. The number of hydroxylamine groups is 2. The van der Waals surface area contributed by atoms with Crippen molar-refractivity contribution in [2.75, 3.05) is 13.2 Å². The lowest BCUT2D eigenvalue weighted by molar-refractivity contribution is -0.225. The highest BCUT2D eigenvalue weighted by molar-refractivity contribution is 5.83. The molecule has 1 amide bonds. The zero-order chi connectivity index (χ0) is 15.6. The number of esters is 1. The van der Waals surface area contributed by atoms with Gasteiger partial charge >= 0.3 is 12.1 Å². The van der Waals surface area contributed by atoms with Crippen LogP contribution in [0.2, 0.25) is 0 Å². The Kier molecular flexibility index (Phi) is 4.81. The van der Waals surface area contributed by atoms with Gasteiger partial charge in [0.05, 0.1) is 13.2 Å². The van der Waals surface area contributed by atoms with Crippen molar-refractivity contribution in [1.29, 1.82) is 0 Å². The number of ether oxygens (including phenoxy) is 2. The molecule has 0 aliphatic carbocycles. The van der Waals surface area contributed by atoms with Gasteiger partial charge in [0.2, 0.25) is 5.60 Å². The first-order valence-corrected chi connectivity index (χ1v) is 6.64. The van der Waals surface area contributed by atoms with E-state index in [1.165, 1.54) is 0 Å². The minimum Gasteiger partial charge on any atom is -0.464 e. The largest absolute Gasteiger partial charge is 0.464 e. The molecule has 1 atom stereocenters. The van der Waals surface area contributed by atoms with E-state index in [-0.39, 0.29) is 13.2 Å². The molecule has 0 spiro atoms. The molecule has 0 aromatic rings. The summed E-state index contributed by atoms with van der Waals surface area (Å²) >= 11 is 0. The summed E-state index contributed by atoms with van der Waals surface area (Å²) in [5.41, 5.74) is -1.22. The molecule has 1 heterocycles. The number of rotatable bonds is 2. The van der Waals surface area contributed by atoms with Gasteiger partial charge in [-0.1, -0.05) is 6.08 Å². The Morgan fingerprint density at radius 3 is 2.55 bits per heavy atom. The highest BCUT2D eigenvalue weighted by Crippen LogP contribution is 2.29. The molecule has 0 aromatic carbocycles. The summed E-state index contributed by atoms with van der Waals surface area (Å²) in [5.74, 6) is -0.526. The van der Waals surface area contributed by atoms with Gasteiger partial charge in [0, 0.05) is 0 Å². The molecule has 1 unspecified atom stereocenters. The predicted molar refractivity (Wildman–Crippen MR) is 72.8 cm³/mol. The van der Waals surface area contributed by atoms with Crippen molar-refractivity contribution in [3.8, 4) is 0 Å². The molecule has 20 heavy (non-hydrogen) atoms. The number of hydrogen-bond donors (Lipinski definition) is 0. The van der Waals surface area contributed by atoms with Gasteiger partial charge < -0.3 is 9.47 Å². The van der Waals surface area contributed by atoms with Crippen molar-refractivity contribution in [2.24, 2.45) is 0 Å². The maximum atomic E-state index is 12.0. The van der Waals surface area contributed by atoms with Crippen LogP contribution in [0.15, 0.2) is 11.6 Å². The third-order valence-electron chi connectivity index (χ3n) is 2.87. The smallest absolute Gasteiger partial charge is 0.434 e. The van der Waals surface area contributed by atoms with E-state index >= 15 is 0 Å². The molecule has 114 valence electrons. The van der Waals surface area contributed by atoms with Crippen molar-refractivity contribution in [1.82, 2.24) is 5.06 Å². The van der Waals surface area contributed by atoms with Crippen LogP contribution < -0.4 is 0 Å². The Morgan fingerprint density at radius 1 is 1.45 bits per heavy atom. The predicted octanol–water partition coefficient (Wildman–Crippen LogP) is 2.44. The van der Waals surface area contributed by atoms with Crippen LogP contribution in [0.4, 0.5) is 4.79 Å². The van der Waals surface area contributed by atoms with Crippen LogP contribution >= 0.6 is 0 Å². The highest BCUT2D eigenvalue weighted by atomic mass is 16.8. The lowest BCUT2D eigenvalue weighted by Crippen LogP contribution is -2.52. The Balaban J connectivity index is 2.87. The molecule has 0 radical (unpaired) electrons. The standard InChI is InChI=1S/C14H23NO5/c1-7-18-11(16)14(6)10(2)8-9-15(20-14)12(17)19-13(3,4)5/h8H,7,9H2,1-6H3. The first kappa shape index (κ1) is 16.5. The molecule has 6 nitrogen and oxygen atoms in total. The van der Waals surface area contributed by atoms with Crippen LogP contribution in [0.5, 0.6) is 0 Å². The Labute approximate surface area is 119 Å². The van der Waals surface area contributed by atoms with Gasteiger partial charge in [-0.3, -0.25) is 0 Å². The van der Waals surface area contributed by atoms with Crippen molar-refractivity contribution >= 4 is 12.1 Å². The van der Waals surface area contributed by atoms with E-state index in [1.807, 2.05) is 0 Å². The second kappa shape index (κ2) is 5.83. The van der Waals surface area contributed by atoms with Crippen LogP contribution in [-0.4, -0.2) is 41.5 Å². The average Bonchev–Trinajstić information content (AvgIpc) is 2.30. The van der Waals surface area contributed by atoms with Crippen LogP contribution in [-0.2, 0) is 19.1 Å². The lowest BCUT2D eigenvalue weighted by atomic mass is 9.96. The molecule has 1 aliphatic rings. The Hall–Kier alpha value is -1.56. The van der Waals surface area contributed by atoms with Crippen LogP contribution in [0.25, 0.3) is 0 Å². The number of carbonyl (C=O) groups is 2. The zero-order valence-corrected chi connectivity index (χ0v) is 13.0. The summed E-state index contributed by atoms with van der Waals surface area (Å²) in [6, 6.07) is 0. The van der Waals surface area contributed by atoms with E-state index in [9.17, 15) is 9.59 Å². The molecular weight excluding hydrogens is 262 g/mol. The molecular formula is C14H23NO5. The molecule has 6 heteroatoms. The molecule has 0 fully saturated rings. The second-order valence-electron chi connectivity index (χ2n) is 5.77. The second-order valence-corrected chi connectivity index (χ2v) is 5.77. The van der Waals surface area contributed by atoms with Gasteiger partial charge in [-0.05, 0) is 47.1 Å². The Morgan fingerprint density at radius 2 is 2.05 bits per heavy atom. The van der Waals surface area contributed by atoms with Crippen LogP contribution in [0, 0.1) is 0 Å². The van der Waals surface area contributed by atoms with Crippen LogP contribution in [0.3, 0.4) is 0 Å². The third kappa shape index (κ3) is 3.72. The van der Waals surface area contributed by atoms with E-state index in [1.54, 1.807) is 47.6 Å². The van der Waals surface area contributed by atoms with Gasteiger partial charge in [0.1, 0.15) is 5.60 Å². The first-order chi connectivity index (χ1) is 9.10. The molecule has 0 N–H and O–H groups in total. The maximum absolute atomic E-state index is 12.0. The summed E-state index contributed by atoms with van der Waals surface area (Å²) in [6.45, 7) is 10.8. The average molecular weight is 285 g/mol. The first-order valence-electron chi connectivity index (χ1n) is 6.64. The molecule has 1 rings (SSSR count). The number of hydrogen-bond acceptors (Lipinski definition) is 5. The van der Waals surface area contributed by atoms with E-state index in [0.717, 1.165) is 5.06 Å². The van der Waals surface area contributed by atoms with E-state index < -0.39 is 23.3 Å². The van der Waals surface area contributed by atoms with Crippen LogP contribution in [0.1, 0.15) is 41.5 Å². The number of amides is 1. The zero-order valence-electron chi connectivity index (χ0n) is 13.0. The van der Waals surface area contributed by atoms with Crippen molar-refractivity contribution in [3.63, 3.8) is 0 Å². The Bertz CT molecular complexity index is 424. The van der Waals surface area contributed by atoms with Crippen molar-refractivity contribution < 1.29 is 23.9 Å². The summed E-state index contributed by atoms with van der Waals surface area (Å²) in [7, 11) is 0. The maximum Gasteiger partial charge on any atom is 0.434 e. The van der Waals surface area contributed by atoms with Gasteiger partial charge in [-0.2, -0.15) is 5.06 Å². The van der Waals surface area contributed by atoms with E-state index in [2.05, 4.69) is 0 Å². The molecule has 1 aliphatic heterocycles. The fourth-order valence-corrected chi connectivity index (χ4v) is 1.64. The fourth-order valence-electron chi connectivity index (χ4n) is 1.64. The van der Waals surface area contributed by atoms with Gasteiger partial charge in [0.25, 0.3) is 0 Å². The molecule has 0 saturated carbocycles. The summed E-state index contributed by atoms with van der Waals surface area (Å²) < 4.78 is 10.2. The van der Waals surface area contributed by atoms with Gasteiger partial charge in [-0.25, -0.2) is 14.4 Å². The van der Waals surface area contributed by atoms with Gasteiger partial charge in [-0.15, -0.1) is 0 Å². The monoisotopic (exact) mass is 285 g/mol. The molecule has 0 saturated heterocycles. The summed E-state index contributed by atoms with van der Waals surface area (Å²) in [5, 5.41) is 1.04. The minimum absolute atomic E-state index is 0.232. The number of nitrogens with zero attached hydrogens (tertiary/aromatic N) is 1. The van der Waals surface area contributed by atoms with E-state index in [0.29, 0.717) is 5.57 Å². The van der Waals surface area contributed by atoms with Crippen molar-refractivity contribution in [2.45, 2.75) is 52.7 Å². The topological polar surface area (TPSA) is 65.1 Å². The molecule has 0 bridgehead atoms. The lowest BCUT2D eigenvalue weighted by Gasteiger charge is -2.37. The minimum atomic E-state index is -1.30. The fraction of sp³-hybridized carbons (Fsp3) is 0.714. The quantitative estimate of drug-likeness (QED) is 0.576. The highest BCUT2D eigenvalue weighted by Gasteiger charge is 2.44. The third-order valence-corrected chi connectivity index (χ3v) is 2.87. The summed E-state index contributed by atoms with van der Waals surface area (Å²) in [6.07, 6.45) is 1.13.